The van der Waals surface area contributed by atoms with Crippen LogP contribution in [0.1, 0.15) is 52.4 Å². The van der Waals surface area contributed by atoms with Gasteiger partial charge in [-0.1, -0.05) is 20.3 Å². The number of carbonyl (C=O) groups excluding carboxylic acids is 1. The number of nitrogens with one attached hydrogen (secondary N) is 1. The Morgan fingerprint density at radius 3 is 2.79 bits per heavy atom. The smallest absolute Gasteiger partial charge is 0.326 e. The Hall–Kier alpha value is -0.220. The fourth-order valence-electron chi connectivity index (χ4n) is 2.75. The van der Waals surface area contributed by atoms with Crippen LogP contribution in [0.3, 0.4) is 0 Å². The lowest BCUT2D eigenvalue weighted by Crippen LogP contribution is -2.52. The number of hydrogen-bond acceptors (Lipinski definition) is 4. The maximum Gasteiger partial charge on any atom is 0.326 e. The van der Waals surface area contributed by atoms with E-state index in [9.17, 15) is 4.79 Å². The van der Waals surface area contributed by atoms with Crippen molar-refractivity contribution in [3.8, 4) is 0 Å². The number of methoxy groups -OCH3 is 1. The third-order valence-electron chi connectivity index (χ3n) is 4.42. The Morgan fingerprint density at radius 2 is 2.21 bits per heavy atom. The van der Waals surface area contributed by atoms with Gasteiger partial charge in [-0.25, -0.2) is 0 Å². The summed E-state index contributed by atoms with van der Waals surface area (Å²) in [5.74, 6) is 1.93. The quantitative estimate of drug-likeness (QED) is 0.730. The maximum absolute atomic E-state index is 12.1. The molecular formula is C15H27NO2S. The summed E-state index contributed by atoms with van der Waals surface area (Å²) in [6, 6.07) is 0.553. The lowest BCUT2D eigenvalue weighted by atomic mass is 9.97. The molecular weight excluding hydrogens is 258 g/mol. The van der Waals surface area contributed by atoms with Crippen LogP contribution in [-0.4, -0.2) is 35.7 Å². The molecule has 4 heteroatoms. The van der Waals surface area contributed by atoms with Crippen molar-refractivity contribution in [2.75, 3.05) is 12.9 Å². The normalized spacial score (nSPS) is 32.3. The Labute approximate surface area is 121 Å². The van der Waals surface area contributed by atoms with Crippen molar-refractivity contribution in [2.24, 2.45) is 5.92 Å². The second-order valence-electron chi connectivity index (χ2n) is 6.20. The number of hydrogen-bond donors (Lipinski definition) is 1. The lowest BCUT2D eigenvalue weighted by Gasteiger charge is -2.28. The second kappa shape index (κ2) is 6.49. The predicted octanol–water partition coefficient (Wildman–Crippen LogP) is 2.98. The molecule has 0 heterocycles. The first kappa shape index (κ1) is 15.2. The molecule has 0 aromatic heterocycles. The molecule has 0 bridgehead atoms. The van der Waals surface area contributed by atoms with Gasteiger partial charge >= 0.3 is 5.97 Å². The van der Waals surface area contributed by atoms with Crippen LogP contribution in [0.4, 0.5) is 0 Å². The predicted molar refractivity (Wildman–Crippen MR) is 80.5 cm³/mol. The molecule has 3 unspecified atom stereocenters. The lowest BCUT2D eigenvalue weighted by molar-refractivity contribution is -0.148. The van der Waals surface area contributed by atoms with E-state index < -0.39 is 0 Å². The number of ether oxygens (including phenoxy) is 1. The van der Waals surface area contributed by atoms with Crippen molar-refractivity contribution in [1.29, 1.82) is 0 Å². The highest BCUT2D eigenvalue weighted by Crippen LogP contribution is 2.40. The molecule has 0 amide bonds. The zero-order valence-electron chi connectivity index (χ0n) is 12.4. The van der Waals surface area contributed by atoms with Gasteiger partial charge < -0.3 is 4.74 Å². The molecule has 0 radical (unpaired) electrons. The first-order valence-corrected chi connectivity index (χ1v) is 8.62. The summed E-state index contributed by atoms with van der Waals surface area (Å²) < 4.78 is 5.05. The minimum absolute atomic E-state index is 0.0500. The molecule has 0 saturated heterocycles. The zero-order chi connectivity index (χ0) is 13.9. The Balaban J connectivity index is 1.89. The van der Waals surface area contributed by atoms with E-state index in [0.717, 1.165) is 25.2 Å². The van der Waals surface area contributed by atoms with E-state index >= 15 is 0 Å². The van der Waals surface area contributed by atoms with Gasteiger partial charge in [0.15, 0.2) is 0 Å². The first-order valence-electron chi connectivity index (χ1n) is 7.57. The van der Waals surface area contributed by atoms with Crippen LogP contribution in [0.5, 0.6) is 0 Å². The molecule has 0 aliphatic heterocycles. The molecule has 2 aliphatic carbocycles. The molecule has 0 aromatic rings. The second-order valence-corrected chi connectivity index (χ2v) is 7.54. The van der Waals surface area contributed by atoms with Crippen molar-refractivity contribution < 1.29 is 9.53 Å². The summed E-state index contributed by atoms with van der Waals surface area (Å²) in [5, 5.41) is 4.17. The molecule has 3 nitrogen and oxygen atoms in total. The summed E-state index contributed by atoms with van der Waals surface area (Å²) >= 11 is 2.05. The van der Waals surface area contributed by atoms with Crippen LogP contribution >= 0.6 is 11.8 Å². The molecule has 1 N–H and O–H groups in total. The monoisotopic (exact) mass is 285 g/mol. The van der Waals surface area contributed by atoms with Crippen LogP contribution in [0, 0.1) is 5.92 Å². The van der Waals surface area contributed by atoms with Crippen LogP contribution in [-0.2, 0) is 9.53 Å². The number of esters is 1. The Kier molecular flexibility index (Phi) is 5.18. The molecule has 0 spiro atoms. The average molecular weight is 285 g/mol. The molecule has 3 atom stereocenters. The molecule has 110 valence electrons. The van der Waals surface area contributed by atoms with Crippen molar-refractivity contribution in [2.45, 2.75) is 69.2 Å². The van der Waals surface area contributed by atoms with Gasteiger partial charge in [0.05, 0.1) is 7.11 Å². The molecule has 19 heavy (non-hydrogen) atoms. The number of rotatable bonds is 7. The van der Waals surface area contributed by atoms with Gasteiger partial charge in [0, 0.05) is 11.3 Å². The highest BCUT2D eigenvalue weighted by atomic mass is 32.2. The first-order chi connectivity index (χ1) is 9.09. The SMILES string of the molecule is CCC(C)CSC1CCC(NC2CC2)(C(=O)OC)C1. The van der Waals surface area contributed by atoms with E-state index in [1.54, 1.807) is 0 Å². The van der Waals surface area contributed by atoms with Crippen molar-refractivity contribution in [3.63, 3.8) is 0 Å². The van der Waals surface area contributed by atoms with E-state index in [-0.39, 0.29) is 11.5 Å². The van der Waals surface area contributed by atoms with Gasteiger partial charge in [-0.15, -0.1) is 0 Å². The standard InChI is InChI=1S/C15H27NO2S/c1-4-11(2)10-19-13-7-8-15(9-13,14(17)18-3)16-12-5-6-12/h11-13,16H,4-10H2,1-3H3. The third-order valence-corrected chi connectivity index (χ3v) is 6.05. The summed E-state index contributed by atoms with van der Waals surface area (Å²) in [5.41, 5.74) is -0.386. The van der Waals surface area contributed by atoms with E-state index in [1.807, 2.05) is 11.8 Å². The van der Waals surface area contributed by atoms with Crippen LogP contribution in [0.15, 0.2) is 0 Å². The highest BCUT2D eigenvalue weighted by molar-refractivity contribution is 7.99. The molecule has 2 rings (SSSR count). The average Bonchev–Trinajstić information content (AvgIpc) is 3.13. The topological polar surface area (TPSA) is 38.3 Å². The van der Waals surface area contributed by atoms with E-state index in [4.69, 9.17) is 4.74 Å². The van der Waals surface area contributed by atoms with Gasteiger partial charge in [-0.2, -0.15) is 11.8 Å². The van der Waals surface area contributed by atoms with E-state index in [1.165, 1.54) is 32.1 Å². The summed E-state index contributed by atoms with van der Waals surface area (Å²) in [6.45, 7) is 4.55. The van der Waals surface area contributed by atoms with Crippen LogP contribution in [0.2, 0.25) is 0 Å². The summed E-state index contributed by atoms with van der Waals surface area (Å²) in [4.78, 5) is 12.1. The number of thioether (sulfide) groups is 1. The zero-order valence-corrected chi connectivity index (χ0v) is 13.2. The van der Waals surface area contributed by atoms with Crippen LogP contribution < -0.4 is 5.32 Å². The maximum atomic E-state index is 12.1. The largest absolute Gasteiger partial charge is 0.468 e. The third kappa shape index (κ3) is 3.88. The van der Waals surface area contributed by atoms with Crippen molar-refractivity contribution in [3.05, 3.63) is 0 Å². The fourth-order valence-corrected chi connectivity index (χ4v) is 4.27. The summed E-state index contributed by atoms with van der Waals surface area (Å²) in [7, 11) is 1.51. The van der Waals surface area contributed by atoms with E-state index in [0.29, 0.717) is 11.3 Å². The van der Waals surface area contributed by atoms with E-state index in [2.05, 4.69) is 19.2 Å². The minimum atomic E-state index is -0.386. The van der Waals surface area contributed by atoms with Crippen LogP contribution in [0.25, 0.3) is 0 Å². The highest BCUT2D eigenvalue weighted by Gasteiger charge is 2.48. The van der Waals surface area contributed by atoms with Gasteiger partial charge in [0.2, 0.25) is 0 Å². The van der Waals surface area contributed by atoms with Gasteiger partial charge in [0.25, 0.3) is 0 Å². The van der Waals surface area contributed by atoms with Gasteiger partial charge in [-0.3, -0.25) is 10.1 Å². The molecule has 2 fully saturated rings. The molecule has 2 aliphatic rings. The Morgan fingerprint density at radius 1 is 1.47 bits per heavy atom. The molecule has 2 saturated carbocycles. The van der Waals surface area contributed by atoms with Gasteiger partial charge in [-0.05, 0) is 43.8 Å². The van der Waals surface area contributed by atoms with Gasteiger partial charge in [0.1, 0.15) is 5.54 Å². The number of carbonyl (C=O) groups is 1. The molecule has 0 aromatic carbocycles. The summed E-state index contributed by atoms with van der Waals surface area (Å²) in [6.07, 6.45) is 6.68. The van der Waals surface area contributed by atoms with Crippen molar-refractivity contribution >= 4 is 17.7 Å². The van der Waals surface area contributed by atoms with Crippen molar-refractivity contribution in [1.82, 2.24) is 5.32 Å². The Bertz CT molecular complexity index is 319. The minimum Gasteiger partial charge on any atom is -0.468 e. The fraction of sp³-hybridized carbons (Fsp3) is 0.933.